The van der Waals surface area contributed by atoms with E-state index in [4.69, 9.17) is 5.73 Å². The summed E-state index contributed by atoms with van der Waals surface area (Å²) in [6.07, 6.45) is 1.98. The lowest BCUT2D eigenvalue weighted by Crippen LogP contribution is -2.43. The number of carbonyl (C=O) groups is 1. The van der Waals surface area contributed by atoms with Crippen LogP contribution in [-0.2, 0) is 0 Å². The van der Waals surface area contributed by atoms with Crippen molar-refractivity contribution in [3.8, 4) is 0 Å². The van der Waals surface area contributed by atoms with Crippen LogP contribution < -0.4 is 11.1 Å². The molecule has 108 valence electrons. The zero-order valence-corrected chi connectivity index (χ0v) is 13.4. The van der Waals surface area contributed by atoms with E-state index in [-0.39, 0.29) is 11.4 Å². The monoisotopic (exact) mass is 290 g/mol. The number of nitrogen functional groups attached to an aromatic ring is 1. The normalized spacial score (nSPS) is 11.8. The van der Waals surface area contributed by atoms with E-state index in [0.717, 1.165) is 28.5 Å². The highest BCUT2D eigenvalue weighted by Gasteiger charge is 2.23. The zero-order chi connectivity index (χ0) is 14.9. The molecule has 3 nitrogen and oxygen atoms in total. The molecule has 0 atom stereocenters. The Morgan fingerprint density at radius 2 is 2.10 bits per heavy atom. The van der Waals surface area contributed by atoms with Crippen LogP contribution in [0.2, 0.25) is 0 Å². The highest BCUT2D eigenvalue weighted by molar-refractivity contribution is 7.21. The van der Waals surface area contributed by atoms with Gasteiger partial charge in [-0.2, -0.15) is 0 Å². The zero-order valence-electron chi connectivity index (χ0n) is 12.5. The molecule has 20 heavy (non-hydrogen) atoms. The van der Waals surface area contributed by atoms with Gasteiger partial charge in [0, 0.05) is 15.6 Å². The van der Waals surface area contributed by atoms with Crippen LogP contribution in [0, 0.1) is 6.92 Å². The molecule has 4 heteroatoms. The van der Waals surface area contributed by atoms with Crippen molar-refractivity contribution in [1.29, 1.82) is 0 Å². The summed E-state index contributed by atoms with van der Waals surface area (Å²) >= 11 is 1.48. The van der Waals surface area contributed by atoms with Crippen LogP contribution >= 0.6 is 11.3 Å². The number of aryl methyl sites for hydroxylation is 1. The van der Waals surface area contributed by atoms with Crippen molar-refractivity contribution in [2.75, 3.05) is 5.73 Å². The van der Waals surface area contributed by atoms with Gasteiger partial charge in [-0.3, -0.25) is 4.79 Å². The molecular formula is C16H22N2OS. The first-order valence-corrected chi connectivity index (χ1v) is 7.77. The van der Waals surface area contributed by atoms with E-state index < -0.39 is 0 Å². The Bertz CT molecular complexity index is 643. The molecule has 2 rings (SSSR count). The average Bonchev–Trinajstić information content (AvgIpc) is 2.68. The smallest absolute Gasteiger partial charge is 0.263 e. The van der Waals surface area contributed by atoms with Gasteiger partial charge in [0.2, 0.25) is 0 Å². The molecule has 0 radical (unpaired) electrons. The van der Waals surface area contributed by atoms with Crippen LogP contribution in [0.25, 0.3) is 10.1 Å². The van der Waals surface area contributed by atoms with E-state index in [1.807, 2.05) is 39.0 Å². The summed E-state index contributed by atoms with van der Waals surface area (Å²) in [4.78, 5) is 13.1. The van der Waals surface area contributed by atoms with Gasteiger partial charge in [-0.15, -0.1) is 11.3 Å². The molecular weight excluding hydrogens is 268 g/mol. The lowest BCUT2D eigenvalue weighted by atomic mass is 9.99. The van der Waals surface area contributed by atoms with Crippen molar-refractivity contribution in [1.82, 2.24) is 5.32 Å². The molecule has 0 spiro atoms. The molecule has 1 heterocycles. The fraction of sp³-hybridized carbons (Fsp3) is 0.438. The SMILES string of the molecule is CCCC(C)(C)NC(=O)c1sc2c(C)cccc2c1N. The van der Waals surface area contributed by atoms with E-state index in [1.165, 1.54) is 11.3 Å². The van der Waals surface area contributed by atoms with E-state index >= 15 is 0 Å². The van der Waals surface area contributed by atoms with Gasteiger partial charge in [-0.05, 0) is 32.8 Å². The second-order valence-corrected chi connectivity index (χ2v) is 6.91. The topological polar surface area (TPSA) is 55.1 Å². The summed E-state index contributed by atoms with van der Waals surface area (Å²) in [5.41, 5.74) is 7.70. The van der Waals surface area contributed by atoms with Gasteiger partial charge < -0.3 is 11.1 Å². The van der Waals surface area contributed by atoms with Gasteiger partial charge >= 0.3 is 0 Å². The van der Waals surface area contributed by atoms with Gasteiger partial charge in [0.05, 0.1) is 5.69 Å². The Balaban J connectivity index is 2.36. The van der Waals surface area contributed by atoms with Crippen molar-refractivity contribution in [3.05, 3.63) is 28.6 Å². The van der Waals surface area contributed by atoms with Crippen LogP contribution in [0.5, 0.6) is 0 Å². The van der Waals surface area contributed by atoms with Crippen LogP contribution in [0.15, 0.2) is 18.2 Å². The number of nitrogens with two attached hydrogens (primary N) is 1. The number of benzene rings is 1. The molecule has 2 aromatic rings. The van der Waals surface area contributed by atoms with Crippen LogP contribution in [0.4, 0.5) is 5.69 Å². The number of fused-ring (bicyclic) bond motifs is 1. The Labute approximate surface area is 124 Å². The minimum Gasteiger partial charge on any atom is -0.397 e. The summed E-state index contributed by atoms with van der Waals surface area (Å²) in [6, 6.07) is 5.99. The molecule has 1 aromatic heterocycles. The second kappa shape index (κ2) is 5.44. The predicted molar refractivity (Wildman–Crippen MR) is 87.4 cm³/mol. The Hall–Kier alpha value is -1.55. The summed E-state index contributed by atoms with van der Waals surface area (Å²) in [7, 11) is 0. The van der Waals surface area contributed by atoms with Crippen molar-refractivity contribution < 1.29 is 4.79 Å². The first-order valence-electron chi connectivity index (χ1n) is 6.96. The fourth-order valence-electron chi connectivity index (χ4n) is 2.50. The number of nitrogens with one attached hydrogen (secondary N) is 1. The maximum Gasteiger partial charge on any atom is 0.263 e. The second-order valence-electron chi connectivity index (χ2n) is 5.88. The third-order valence-corrected chi connectivity index (χ3v) is 4.84. The van der Waals surface area contributed by atoms with Gasteiger partial charge in [0.1, 0.15) is 4.88 Å². The summed E-state index contributed by atoms with van der Waals surface area (Å²) in [5, 5.41) is 4.07. The highest BCUT2D eigenvalue weighted by atomic mass is 32.1. The van der Waals surface area contributed by atoms with Gasteiger partial charge in [0.25, 0.3) is 5.91 Å². The van der Waals surface area contributed by atoms with Crippen LogP contribution in [0.3, 0.4) is 0 Å². The van der Waals surface area contributed by atoms with Gasteiger partial charge in [-0.1, -0.05) is 31.5 Å². The lowest BCUT2D eigenvalue weighted by Gasteiger charge is -2.25. The number of carbonyl (C=O) groups excluding carboxylic acids is 1. The van der Waals surface area contributed by atoms with Crippen molar-refractivity contribution in [2.45, 2.75) is 46.1 Å². The maximum absolute atomic E-state index is 12.5. The first kappa shape index (κ1) is 14.9. The Morgan fingerprint density at radius 1 is 1.40 bits per heavy atom. The Morgan fingerprint density at radius 3 is 2.70 bits per heavy atom. The highest BCUT2D eigenvalue weighted by Crippen LogP contribution is 2.35. The third-order valence-electron chi connectivity index (χ3n) is 3.48. The van der Waals surface area contributed by atoms with Crippen molar-refractivity contribution >= 4 is 33.0 Å². The number of rotatable bonds is 4. The molecule has 3 N–H and O–H groups in total. The number of hydrogen-bond acceptors (Lipinski definition) is 3. The summed E-state index contributed by atoms with van der Waals surface area (Å²) in [5.74, 6) is -0.0680. The molecule has 0 bridgehead atoms. The van der Waals surface area contributed by atoms with E-state index in [0.29, 0.717) is 10.6 Å². The largest absolute Gasteiger partial charge is 0.397 e. The minimum atomic E-state index is -0.205. The standard InChI is InChI=1S/C16H22N2OS/c1-5-9-16(3,4)18-15(19)14-12(17)11-8-6-7-10(2)13(11)20-14/h6-8H,5,9,17H2,1-4H3,(H,18,19). The summed E-state index contributed by atoms with van der Waals surface area (Å²) in [6.45, 7) is 8.25. The van der Waals surface area contributed by atoms with Gasteiger partial charge in [0.15, 0.2) is 0 Å². The summed E-state index contributed by atoms with van der Waals surface area (Å²) < 4.78 is 1.10. The number of amides is 1. The quantitative estimate of drug-likeness (QED) is 0.890. The number of hydrogen-bond donors (Lipinski definition) is 2. The minimum absolute atomic E-state index is 0.0680. The van der Waals surface area contributed by atoms with Crippen LogP contribution in [-0.4, -0.2) is 11.4 Å². The molecule has 0 aliphatic rings. The number of thiophene rings is 1. The Kier molecular flexibility index (Phi) is 4.04. The molecule has 0 unspecified atom stereocenters. The average molecular weight is 290 g/mol. The van der Waals surface area contributed by atoms with Crippen molar-refractivity contribution in [2.24, 2.45) is 0 Å². The lowest BCUT2D eigenvalue weighted by molar-refractivity contribution is 0.0914. The molecule has 1 amide bonds. The van der Waals surface area contributed by atoms with Crippen LogP contribution in [0.1, 0.15) is 48.8 Å². The number of anilines is 1. The predicted octanol–water partition coefficient (Wildman–Crippen LogP) is 4.10. The molecule has 0 aliphatic carbocycles. The molecule has 0 saturated carbocycles. The van der Waals surface area contributed by atoms with E-state index in [9.17, 15) is 4.79 Å². The van der Waals surface area contributed by atoms with E-state index in [1.54, 1.807) is 0 Å². The molecule has 1 aromatic carbocycles. The van der Waals surface area contributed by atoms with Gasteiger partial charge in [-0.25, -0.2) is 0 Å². The maximum atomic E-state index is 12.5. The first-order chi connectivity index (χ1) is 9.35. The molecule has 0 saturated heterocycles. The van der Waals surface area contributed by atoms with E-state index in [2.05, 4.69) is 12.2 Å². The van der Waals surface area contributed by atoms with Crippen molar-refractivity contribution in [3.63, 3.8) is 0 Å². The molecule has 0 aliphatic heterocycles. The third kappa shape index (κ3) is 2.80. The molecule has 0 fully saturated rings. The fourth-order valence-corrected chi connectivity index (χ4v) is 3.58.